The smallest absolute Gasteiger partial charge is 0.306 e. The van der Waals surface area contributed by atoms with Crippen LogP contribution in [-0.4, -0.2) is 11.1 Å². The fraction of sp³-hybridized carbons (Fsp3) is 0.700. The summed E-state index contributed by atoms with van der Waals surface area (Å²) in [5.41, 5.74) is 1.24. The van der Waals surface area contributed by atoms with Crippen molar-refractivity contribution in [3.63, 3.8) is 0 Å². The third-order valence-corrected chi connectivity index (χ3v) is 2.21. The van der Waals surface area contributed by atoms with Crippen LogP contribution in [-0.2, 0) is 4.79 Å². The standard InChI is InChI=1S/C10H18O2/c1-4-8(5-2)7-9(6-3)10(11)12/h4,9H,5-7H2,1-3H3,(H,11,12). The number of carboxylic acids is 1. The highest BCUT2D eigenvalue weighted by Gasteiger charge is 2.15. The van der Waals surface area contributed by atoms with E-state index in [4.69, 9.17) is 5.11 Å². The molecule has 0 amide bonds. The van der Waals surface area contributed by atoms with E-state index in [2.05, 4.69) is 6.92 Å². The number of carbonyl (C=O) groups is 1. The Balaban J connectivity index is 4.10. The highest BCUT2D eigenvalue weighted by Crippen LogP contribution is 2.17. The first-order valence-corrected chi connectivity index (χ1v) is 4.52. The van der Waals surface area contributed by atoms with Crippen LogP contribution in [0.5, 0.6) is 0 Å². The summed E-state index contributed by atoms with van der Waals surface area (Å²) in [6.07, 6.45) is 4.40. The Kier molecular flexibility index (Phi) is 5.43. The van der Waals surface area contributed by atoms with Gasteiger partial charge in [0, 0.05) is 0 Å². The highest BCUT2D eigenvalue weighted by molar-refractivity contribution is 5.70. The number of aliphatic carboxylic acids is 1. The van der Waals surface area contributed by atoms with E-state index in [0.29, 0.717) is 12.8 Å². The van der Waals surface area contributed by atoms with Gasteiger partial charge < -0.3 is 5.11 Å². The van der Waals surface area contributed by atoms with Crippen molar-refractivity contribution in [1.29, 1.82) is 0 Å². The Morgan fingerprint density at radius 1 is 1.50 bits per heavy atom. The lowest BCUT2D eigenvalue weighted by molar-refractivity contribution is -0.141. The lowest BCUT2D eigenvalue weighted by atomic mass is 9.95. The van der Waals surface area contributed by atoms with Crippen LogP contribution in [0.1, 0.15) is 40.0 Å². The maximum absolute atomic E-state index is 10.7. The molecular weight excluding hydrogens is 152 g/mol. The minimum Gasteiger partial charge on any atom is -0.481 e. The van der Waals surface area contributed by atoms with E-state index < -0.39 is 5.97 Å². The highest BCUT2D eigenvalue weighted by atomic mass is 16.4. The molecule has 0 aliphatic heterocycles. The Bertz CT molecular complexity index is 171. The average Bonchev–Trinajstić information content (AvgIpc) is 2.06. The lowest BCUT2D eigenvalue weighted by Gasteiger charge is -2.10. The first-order valence-electron chi connectivity index (χ1n) is 4.52. The van der Waals surface area contributed by atoms with E-state index in [9.17, 15) is 4.79 Å². The van der Waals surface area contributed by atoms with Gasteiger partial charge in [0.1, 0.15) is 0 Å². The molecule has 1 N–H and O–H groups in total. The molecule has 0 bridgehead atoms. The van der Waals surface area contributed by atoms with Crippen LogP contribution in [0.15, 0.2) is 11.6 Å². The molecule has 0 aliphatic rings. The van der Waals surface area contributed by atoms with Gasteiger partial charge in [-0.2, -0.15) is 0 Å². The molecule has 2 heteroatoms. The van der Waals surface area contributed by atoms with Crippen LogP contribution in [0.3, 0.4) is 0 Å². The summed E-state index contributed by atoms with van der Waals surface area (Å²) in [6.45, 7) is 5.94. The number of hydrogen-bond acceptors (Lipinski definition) is 1. The maximum atomic E-state index is 10.7. The molecule has 0 spiro atoms. The minimum absolute atomic E-state index is 0.198. The first-order chi connectivity index (χ1) is 5.65. The number of hydrogen-bond donors (Lipinski definition) is 1. The number of allylic oxidation sites excluding steroid dienone is 2. The molecule has 12 heavy (non-hydrogen) atoms. The average molecular weight is 170 g/mol. The Morgan fingerprint density at radius 3 is 2.33 bits per heavy atom. The third kappa shape index (κ3) is 3.56. The van der Waals surface area contributed by atoms with Crippen molar-refractivity contribution < 1.29 is 9.90 Å². The van der Waals surface area contributed by atoms with Crippen molar-refractivity contribution in [3.05, 3.63) is 11.6 Å². The van der Waals surface area contributed by atoms with Gasteiger partial charge in [-0.3, -0.25) is 4.79 Å². The van der Waals surface area contributed by atoms with Gasteiger partial charge in [0.2, 0.25) is 0 Å². The topological polar surface area (TPSA) is 37.3 Å². The van der Waals surface area contributed by atoms with E-state index in [1.807, 2.05) is 19.9 Å². The van der Waals surface area contributed by atoms with Crippen molar-refractivity contribution in [2.45, 2.75) is 40.0 Å². The summed E-state index contributed by atoms with van der Waals surface area (Å²) < 4.78 is 0. The van der Waals surface area contributed by atoms with Crippen LogP contribution in [0.25, 0.3) is 0 Å². The molecule has 1 atom stereocenters. The summed E-state index contributed by atoms with van der Waals surface area (Å²) in [6, 6.07) is 0. The van der Waals surface area contributed by atoms with Gasteiger partial charge in [-0.25, -0.2) is 0 Å². The van der Waals surface area contributed by atoms with E-state index in [-0.39, 0.29) is 5.92 Å². The van der Waals surface area contributed by atoms with E-state index in [0.717, 1.165) is 6.42 Å². The predicted octanol–water partition coefficient (Wildman–Crippen LogP) is 2.84. The number of rotatable bonds is 5. The quantitative estimate of drug-likeness (QED) is 0.644. The zero-order valence-corrected chi connectivity index (χ0v) is 8.13. The van der Waals surface area contributed by atoms with E-state index in [1.54, 1.807) is 0 Å². The molecule has 0 saturated carbocycles. The van der Waals surface area contributed by atoms with Crippen LogP contribution in [0.2, 0.25) is 0 Å². The molecule has 0 saturated heterocycles. The molecule has 0 aliphatic carbocycles. The Hall–Kier alpha value is -0.790. The van der Waals surface area contributed by atoms with Crippen molar-refractivity contribution in [2.24, 2.45) is 5.92 Å². The summed E-state index contributed by atoms with van der Waals surface area (Å²) in [5, 5.41) is 8.79. The molecule has 0 rings (SSSR count). The second kappa shape index (κ2) is 5.81. The molecule has 0 radical (unpaired) electrons. The maximum Gasteiger partial charge on any atom is 0.306 e. The minimum atomic E-state index is -0.676. The second-order valence-corrected chi connectivity index (χ2v) is 2.95. The molecule has 0 aromatic carbocycles. The first kappa shape index (κ1) is 11.2. The lowest BCUT2D eigenvalue weighted by Crippen LogP contribution is -2.13. The van der Waals surface area contributed by atoms with Gasteiger partial charge in [-0.15, -0.1) is 0 Å². The molecular formula is C10H18O2. The molecule has 0 aromatic rings. The van der Waals surface area contributed by atoms with Gasteiger partial charge >= 0.3 is 5.97 Å². The Labute approximate surface area is 74.3 Å². The van der Waals surface area contributed by atoms with Gasteiger partial charge in [-0.05, 0) is 26.2 Å². The number of carboxylic acid groups (broad SMARTS) is 1. The van der Waals surface area contributed by atoms with Crippen molar-refractivity contribution >= 4 is 5.97 Å². The third-order valence-electron chi connectivity index (χ3n) is 2.21. The molecule has 0 aromatic heterocycles. The second-order valence-electron chi connectivity index (χ2n) is 2.95. The summed E-state index contributed by atoms with van der Waals surface area (Å²) in [5.74, 6) is -0.874. The molecule has 0 heterocycles. The predicted molar refractivity (Wildman–Crippen MR) is 50.1 cm³/mol. The fourth-order valence-corrected chi connectivity index (χ4v) is 1.19. The van der Waals surface area contributed by atoms with Gasteiger partial charge in [0.25, 0.3) is 0 Å². The Morgan fingerprint density at radius 2 is 2.08 bits per heavy atom. The van der Waals surface area contributed by atoms with Crippen molar-refractivity contribution in [1.82, 2.24) is 0 Å². The van der Waals surface area contributed by atoms with E-state index >= 15 is 0 Å². The SMILES string of the molecule is CC=C(CC)CC(CC)C(=O)O. The normalized spacial score (nSPS) is 14.4. The monoisotopic (exact) mass is 170 g/mol. The summed E-state index contributed by atoms with van der Waals surface area (Å²) >= 11 is 0. The zero-order chi connectivity index (χ0) is 9.56. The van der Waals surface area contributed by atoms with Gasteiger partial charge in [0.15, 0.2) is 0 Å². The van der Waals surface area contributed by atoms with Crippen LogP contribution in [0, 0.1) is 5.92 Å². The molecule has 1 unspecified atom stereocenters. The zero-order valence-electron chi connectivity index (χ0n) is 8.13. The summed E-state index contributed by atoms with van der Waals surface area (Å²) in [4.78, 5) is 10.7. The van der Waals surface area contributed by atoms with Gasteiger partial charge in [-0.1, -0.05) is 25.5 Å². The van der Waals surface area contributed by atoms with Crippen molar-refractivity contribution in [3.8, 4) is 0 Å². The van der Waals surface area contributed by atoms with Crippen LogP contribution in [0.4, 0.5) is 0 Å². The van der Waals surface area contributed by atoms with Gasteiger partial charge in [0.05, 0.1) is 5.92 Å². The van der Waals surface area contributed by atoms with Crippen LogP contribution < -0.4 is 0 Å². The van der Waals surface area contributed by atoms with Crippen molar-refractivity contribution in [2.75, 3.05) is 0 Å². The molecule has 2 nitrogen and oxygen atoms in total. The summed E-state index contributed by atoms with van der Waals surface area (Å²) in [7, 11) is 0. The van der Waals surface area contributed by atoms with E-state index in [1.165, 1.54) is 5.57 Å². The van der Waals surface area contributed by atoms with Crippen LogP contribution >= 0.6 is 0 Å². The molecule has 70 valence electrons. The molecule has 0 fully saturated rings. The fourth-order valence-electron chi connectivity index (χ4n) is 1.19. The largest absolute Gasteiger partial charge is 0.481 e.